The van der Waals surface area contributed by atoms with Crippen LogP contribution in [0.15, 0.2) is 0 Å². The molecule has 0 aliphatic carbocycles. The van der Waals surface area contributed by atoms with Gasteiger partial charge in [0.1, 0.15) is 0 Å². The minimum atomic E-state index is -2.92. The van der Waals surface area contributed by atoms with Gasteiger partial charge in [-0.3, -0.25) is 7.32 Å². The maximum atomic E-state index is 8.42. The Morgan fingerprint density at radius 3 is 0.526 bits per heavy atom. The summed E-state index contributed by atoms with van der Waals surface area (Å²) >= 11 is 0. The van der Waals surface area contributed by atoms with Crippen molar-refractivity contribution in [2.45, 2.75) is 0 Å². The minimum Gasteiger partial charge on any atom is -0.907 e. The first-order valence-electron chi connectivity index (χ1n) is 4.10. The Labute approximate surface area is 179 Å². The van der Waals surface area contributed by atoms with Crippen LogP contribution in [0.5, 0.6) is 0 Å². The molecule has 102 valence electrons. The van der Waals surface area contributed by atoms with Gasteiger partial charge in [-0.05, 0) is 0 Å². The molecule has 0 saturated carbocycles. The molecule has 0 aromatic carbocycles. The van der Waals surface area contributed by atoms with E-state index in [-0.39, 0.29) is 128 Å². The predicted octanol–water partition coefficient (Wildman–Crippen LogP) is -16.0. The van der Waals surface area contributed by atoms with E-state index in [0.717, 1.165) is 0 Å². The molecule has 0 spiro atoms. The van der Waals surface area contributed by atoms with Crippen molar-refractivity contribution in [1.82, 2.24) is 0 Å². The van der Waals surface area contributed by atoms with Crippen LogP contribution in [0.2, 0.25) is 0 Å². The molecular weight excluding hydrogens is 296 g/mol. The third-order valence-corrected chi connectivity index (χ3v) is 0.300. The second kappa shape index (κ2) is 58.7. The molecule has 0 bridgehead atoms. The number of aliphatic hydroxyl groups is 6. The van der Waals surface area contributed by atoms with Gasteiger partial charge in [-0.25, -0.2) is 0 Å². The van der Waals surface area contributed by atoms with E-state index in [0.29, 0.717) is 0 Å². The minimum absolute atomic E-state index is 0. The van der Waals surface area contributed by atoms with Gasteiger partial charge in [0.15, 0.2) is 0 Å². The summed E-state index contributed by atoms with van der Waals surface area (Å²) in [6.45, 7) is -0.750. The van der Waals surface area contributed by atoms with Gasteiger partial charge in [-0.15, -0.1) is 0 Å². The predicted molar refractivity (Wildman–Crippen MR) is 48.3 cm³/mol. The van der Waals surface area contributed by atoms with Crippen LogP contribution in [0.25, 0.3) is 0 Å². The molecule has 0 aliphatic rings. The molecule has 9 nitrogen and oxygen atoms in total. The zero-order valence-corrected chi connectivity index (χ0v) is 17.7. The zero-order chi connectivity index (χ0) is 13.8. The molecule has 0 aliphatic heterocycles. The van der Waals surface area contributed by atoms with Gasteiger partial charge in [-0.1, -0.05) is 0 Å². The average Bonchev–Trinajstić information content (AvgIpc) is 2.28. The van der Waals surface area contributed by atoms with Gasteiger partial charge in [0.2, 0.25) is 0 Å². The topological polar surface area (TPSA) is 191 Å². The summed E-state index contributed by atoms with van der Waals surface area (Å²) in [6.07, 6.45) is 0. The molecule has 0 saturated heterocycles. The average molecular weight is 314 g/mol. The fourth-order valence-corrected chi connectivity index (χ4v) is 0. The van der Waals surface area contributed by atoms with Crippen LogP contribution in [-0.4, -0.2) is 77.6 Å². The molecule has 0 aromatic rings. The first-order chi connectivity index (χ1) is 7.47. The Hall–Kier alpha value is 2.70. The summed E-state index contributed by atoms with van der Waals surface area (Å²) in [6, 6.07) is 0. The molecule has 0 rings (SSSR count). The first kappa shape index (κ1) is 43.0. The van der Waals surface area contributed by atoms with E-state index in [1.807, 2.05) is 0 Å². The summed E-state index contributed by atoms with van der Waals surface area (Å²) in [5, 5.41) is 71.0. The second-order valence-corrected chi connectivity index (χ2v) is 1.63. The van der Waals surface area contributed by atoms with E-state index in [4.69, 9.17) is 45.7 Å². The molecule has 0 amide bonds. The Morgan fingerprint density at radius 2 is 0.526 bits per heavy atom. The van der Waals surface area contributed by atoms with Crippen molar-refractivity contribution in [2.75, 3.05) is 39.6 Å². The molecule has 19 heavy (non-hydrogen) atoms. The van der Waals surface area contributed by atoms with Crippen molar-refractivity contribution in [3.63, 3.8) is 0 Å². The van der Waals surface area contributed by atoms with Gasteiger partial charge in [0, 0.05) is 0 Å². The molecule has 0 unspecified atom stereocenters. The monoisotopic (exact) mass is 314 g/mol. The second-order valence-electron chi connectivity index (χ2n) is 1.63. The maximum absolute atomic E-state index is 8.42. The molecule has 0 radical (unpaired) electrons. The summed E-state index contributed by atoms with van der Waals surface area (Å²) in [7, 11) is -2.92. The molecule has 0 heterocycles. The van der Waals surface area contributed by atoms with Crippen LogP contribution in [0.1, 0.15) is 0 Å². The third kappa shape index (κ3) is 223. The summed E-state index contributed by atoms with van der Waals surface area (Å²) in [4.78, 5) is 0. The van der Waals surface area contributed by atoms with E-state index < -0.39 is 7.32 Å². The number of hydrogen-bond acceptors (Lipinski definition) is 9. The van der Waals surface area contributed by atoms with Crippen molar-refractivity contribution in [1.29, 1.82) is 0 Å². The molecule has 0 fully saturated rings. The summed E-state index contributed by atoms with van der Waals surface area (Å²) in [5.74, 6) is 0. The quantitative estimate of drug-likeness (QED) is 0.274. The van der Waals surface area contributed by atoms with Crippen molar-refractivity contribution in [2.24, 2.45) is 0 Å². The Balaban J connectivity index is -0.0000000192. The zero-order valence-electron chi connectivity index (χ0n) is 11.7. The summed E-state index contributed by atoms with van der Waals surface area (Å²) < 4.78 is 0. The largest absolute Gasteiger partial charge is 1.00 e. The van der Waals surface area contributed by atoms with Crippen molar-refractivity contribution < 1.29 is 134 Å². The van der Waals surface area contributed by atoms with Crippen LogP contribution in [-0.2, 0) is 0 Å². The van der Waals surface area contributed by atoms with Crippen molar-refractivity contribution in [3.8, 4) is 0 Å². The Bertz CT molecular complexity index is 68.7. The van der Waals surface area contributed by atoms with Crippen LogP contribution < -0.4 is 104 Å². The van der Waals surface area contributed by atoms with E-state index in [1.165, 1.54) is 0 Å². The Kier molecular flexibility index (Phi) is 133. The van der Waals surface area contributed by atoms with Crippen molar-refractivity contribution >= 4 is 7.32 Å². The van der Waals surface area contributed by atoms with Gasteiger partial charge in [0.05, 0.1) is 39.6 Å². The standard InChI is InChI=1S/3C2H6O2.BO3.3Na/c3*3-1-2-4;2-1(3)4;;;/h3*3-4H,1-2H2;;;;/q;;;-3;3*+1. The smallest absolute Gasteiger partial charge is 0.907 e. The van der Waals surface area contributed by atoms with Crippen LogP contribution in [0.4, 0.5) is 0 Å². The van der Waals surface area contributed by atoms with Crippen molar-refractivity contribution in [3.05, 3.63) is 0 Å². The molecule has 6 N–H and O–H groups in total. The molecular formula is C6H18BNa3O9. The number of aliphatic hydroxyl groups excluding tert-OH is 6. The van der Waals surface area contributed by atoms with Crippen LogP contribution in [0.3, 0.4) is 0 Å². The van der Waals surface area contributed by atoms with E-state index in [1.54, 1.807) is 0 Å². The van der Waals surface area contributed by atoms with E-state index >= 15 is 0 Å². The Morgan fingerprint density at radius 1 is 0.474 bits per heavy atom. The van der Waals surface area contributed by atoms with Crippen LogP contribution >= 0.6 is 0 Å². The number of rotatable bonds is 3. The van der Waals surface area contributed by atoms with Gasteiger partial charge >= 0.3 is 88.7 Å². The molecule has 13 heteroatoms. The van der Waals surface area contributed by atoms with Crippen LogP contribution in [0, 0.1) is 0 Å². The fourth-order valence-electron chi connectivity index (χ4n) is 0. The van der Waals surface area contributed by atoms with Gasteiger partial charge in [-0.2, -0.15) is 0 Å². The summed E-state index contributed by atoms with van der Waals surface area (Å²) in [5.41, 5.74) is 0. The third-order valence-electron chi connectivity index (χ3n) is 0.300. The van der Waals surface area contributed by atoms with Gasteiger partial charge in [0.25, 0.3) is 0 Å². The maximum Gasteiger partial charge on any atom is 1.00 e. The number of hydrogen-bond donors (Lipinski definition) is 6. The molecule has 0 atom stereocenters. The van der Waals surface area contributed by atoms with E-state index in [2.05, 4.69) is 0 Å². The van der Waals surface area contributed by atoms with E-state index in [9.17, 15) is 0 Å². The normalized spacial score (nSPS) is 6.16. The SMILES string of the molecule is OCCO.OCCO.OCCO.[Na+].[Na+].[Na+].[O-]B([O-])[O-]. The van der Waals surface area contributed by atoms with Gasteiger partial charge < -0.3 is 45.7 Å². The first-order valence-corrected chi connectivity index (χ1v) is 4.10. The fraction of sp³-hybridized carbons (Fsp3) is 1.00. The molecule has 0 aromatic heterocycles.